The molecule has 6 nitrogen and oxygen atoms in total. The number of hydrogen-bond acceptors (Lipinski definition) is 4. The molecule has 7 heteroatoms. The molecule has 0 unspecified atom stereocenters. The van der Waals surface area contributed by atoms with Crippen LogP contribution < -0.4 is 11.1 Å². The minimum absolute atomic E-state index is 0.241. The van der Waals surface area contributed by atoms with Gasteiger partial charge in [0.1, 0.15) is 6.04 Å². The lowest BCUT2D eigenvalue weighted by atomic mass is 10.0. The Labute approximate surface area is 153 Å². The van der Waals surface area contributed by atoms with E-state index in [0.29, 0.717) is 0 Å². The molecule has 0 aliphatic heterocycles. The number of primary amides is 1. The van der Waals surface area contributed by atoms with Crippen LogP contribution in [-0.2, 0) is 16.0 Å². The third-order valence-electron chi connectivity index (χ3n) is 3.55. The Morgan fingerprint density at radius 2 is 1.76 bits per heavy atom. The number of rotatable bonds is 6. The van der Waals surface area contributed by atoms with Crippen molar-refractivity contribution in [2.75, 3.05) is 7.11 Å². The minimum atomic E-state index is -0.865. The van der Waals surface area contributed by atoms with Crippen LogP contribution in [0, 0.1) is 0 Å². The minimum Gasteiger partial charge on any atom is -0.465 e. The lowest BCUT2D eigenvalue weighted by molar-refractivity contribution is -0.119. The second kappa shape index (κ2) is 8.43. The average molecular weight is 405 g/mol. The van der Waals surface area contributed by atoms with Gasteiger partial charge in [-0.1, -0.05) is 34.1 Å². The fourth-order valence-electron chi connectivity index (χ4n) is 2.23. The Bertz CT molecular complexity index is 790. The van der Waals surface area contributed by atoms with Crippen molar-refractivity contribution in [1.29, 1.82) is 0 Å². The van der Waals surface area contributed by atoms with Gasteiger partial charge in [0.25, 0.3) is 5.91 Å². The first-order chi connectivity index (χ1) is 11.9. The number of nitrogens with one attached hydrogen (secondary N) is 1. The fraction of sp³-hybridized carbons (Fsp3) is 0.167. The molecule has 2 amide bonds. The van der Waals surface area contributed by atoms with Gasteiger partial charge in [0.05, 0.1) is 12.7 Å². The number of amides is 2. The molecule has 0 saturated heterocycles. The summed E-state index contributed by atoms with van der Waals surface area (Å²) in [5, 5.41) is 2.60. The van der Waals surface area contributed by atoms with Gasteiger partial charge < -0.3 is 15.8 Å². The largest absolute Gasteiger partial charge is 0.465 e. The normalized spacial score (nSPS) is 11.4. The third-order valence-corrected chi connectivity index (χ3v) is 4.08. The van der Waals surface area contributed by atoms with Gasteiger partial charge in [-0.25, -0.2) is 4.79 Å². The van der Waals surface area contributed by atoms with Crippen LogP contribution in [0.25, 0.3) is 0 Å². The molecule has 0 spiro atoms. The van der Waals surface area contributed by atoms with Crippen molar-refractivity contribution in [1.82, 2.24) is 5.32 Å². The zero-order chi connectivity index (χ0) is 18.4. The highest BCUT2D eigenvalue weighted by molar-refractivity contribution is 9.10. The molecule has 1 atom stereocenters. The first kappa shape index (κ1) is 18.7. The van der Waals surface area contributed by atoms with Crippen LogP contribution in [0.1, 0.15) is 26.3 Å². The number of hydrogen-bond donors (Lipinski definition) is 2. The summed E-state index contributed by atoms with van der Waals surface area (Å²) in [5.41, 5.74) is 6.75. The molecule has 2 aromatic carbocycles. The van der Waals surface area contributed by atoms with Crippen LogP contribution in [0.2, 0.25) is 0 Å². The zero-order valence-corrected chi connectivity index (χ0v) is 15.1. The molecule has 0 aliphatic carbocycles. The molecule has 0 saturated carbocycles. The Morgan fingerprint density at radius 1 is 1.12 bits per heavy atom. The molecule has 0 radical (unpaired) electrons. The highest BCUT2D eigenvalue weighted by atomic mass is 79.9. The van der Waals surface area contributed by atoms with Gasteiger partial charge >= 0.3 is 5.97 Å². The molecular formula is C18H17BrN2O4. The lowest BCUT2D eigenvalue weighted by Crippen LogP contribution is -2.45. The van der Waals surface area contributed by atoms with Crippen LogP contribution in [0.5, 0.6) is 0 Å². The number of methoxy groups -OCH3 is 1. The maximum atomic E-state index is 12.4. The lowest BCUT2D eigenvalue weighted by Gasteiger charge is -2.16. The van der Waals surface area contributed by atoms with E-state index in [2.05, 4.69) is 26.0 Å². The summed E-state index contributed by atoms with van der Waals surface area (Å²) in [4.78, 5) is 35.6. The van der Waals surface area contributed by atoms with E-state index in [1.807, 2.05) is 24.3 Å². The molecule has 0 aromatic heterocycles. The summed E-state index contributed by atoms with van der Waals surface area (Å²) in [6.07, 6.45) is 0.269. The number of carbonyl (C=O) groups excluding carboxylic acids is 3. The smallest absolute Gasteiger partial charge is 0.337 e. The number of ether oxygens (including phenoxy) is 1. The summed E-state index contributed by atoms with van der Waals surface area (Å²) in [6, 6.07) is 12.5. The topological polar surface area (TPSA) is 98.5 Å². The maximum Gasteiger partial charge on any atom is 0.337 e. The van der Waals surface area contributed by atoms with Crippen molar-refractivity contribution in [3.63, 3.8) is 0 Å². The molecule has 0 aliphatic rings. The number of carbonyl (C=O) groups is 3. The van der Waals surface area contributed by atoms with E-state index in [4.69, 9.17) is 5.73 Å². The second-order valence-electron chi connectivity index (χ2n) is 5.33. The third kappa shape index (κ3) is 5.15. The van der Waals surface area contributed by atoms with Crippen molar-refractivity contribution in [3.05, 3.63) is 69.7 Å². The number of benzene rings is 2. The van der Waals surface area contributed by atoms with Gasteiger partial charge in [-0.05, 0) is 35.9 Å². The van der Waals surface area contributed by atoms with Gasteiger partial charge in [0, 0.05) is 16.5 Å². The Kier molecular flexibility index (Phi) is 6.30. The fourth-order valence-corrected chi connectivity index (χ4v) is 2.49. The molecule has 130 valence electrons. The predicted octanol–water partition coefficient (Wildman–Crippen LogP) is 2.06. The highest BCUT2D eigenvalue weighted by Crippen LogP contribution is 2.13. The highest BCUT2D eigenvalue weighted by Gasteiger charge is 2.20. The van der Waals surface area contributed by atoms with Gasteiger partial charge in [-0.15, -0.1) is 0 Å². The monoisotopic (exact) mass is 404 g/mol. The summed E-state index contributed by atoms with van der Waals surface area (Å²) in [6.45, 7) is 0. The van der Waals surface area contributed by atoms with Crippen LogP contribution in [0.3, 0.4) is 0 Å². The Hall–Kier alpha value is -2.67. The maximum absolute atomic E-state index is 12.4. The van der Waals surface area contributed by atoms with Crippen LogP contribution >= 0.6 is 15.9 Å². The number of esters is 1. The van der Waals surface area contributed by atoms with E-state index in [1.165, 1.54) is 19.2 Å². The molecule has 0 heterocycles. The van der Waals surface area contributed by atoms with E-state index in [-0.39, 0.29) is 17.5 Å². The summed E-state index contributed by atoms with van der Waals surface area (Å²) in [7, 11) is 1.26. The van der Waals surface area contributed by atoms with E-state index in [9.17, 15) is 14.4 Å². The molecular weight excluding hydrogens is 388 g/mol. The summed E-state index contributed by atoms with van der Waals surface area (Å²) in [5.74, 6) is -1.68. The molecule has 0 bridgehead atoms. The number of nitrogens with two attached hydrogens (primary N) is 1. The molecule has 2 rings (SSSR count). The van der Waals surface area contributed by atoms with Gasteiger partial charge in [0.2, 0.25) is 5.91 Å². The summed E-state index contributed by atoms with van der Waals surface area (Å²) < 4.78 is 5.54. The van der Waals surface area contributed by atoms with Crippen LogP contribution in [0.4, 0.5) is 0 Å². The Morgan fingerprint density at radius 3 is 2.36 bits per heavy atom. The van der Waals surface area contributed by atoms with Crippen molar-refractivity contribution in [3.8, 4) is 0 Å². The molecule has 0 fully saturated rings. The average Bonchev–Trinajstić information content (AvgIpc) is 2.62. The van der Waals surface area contributed by atoms with E-state index in [1.54, 1.807) is 12.1 Å². The van der Waals surface area contributed by atoms with Crippen LogP contribution in [0.15, 0.2) is 53.0 Å². The van der Waals surface area contributed by atoms with Gasteiger partial charge in [0.15, 0.2) is 0 Å². The standard InChI is InChI=1S/C18H17BrN2O4/c1-25-18(24)13-4-2-3-12(10-13)17(23)21-15(16(20)22)9-11-5-7-14(19)8-6-11/h2-8,10,15H,9H2,1H3,(H2,20,22)(H,21,23)/t15-/m1/s1. The summed E-state index contributed by atoms with van der Waals surface area (Å²) >= 11 is 3.34. The van der Waals surface area contributed by atoms with E-state index in [0.717, 1.165) is 10.0 Å². The first-order valence-corrected chi connectivity index (χ1v) is 8.23. The molecule has 25 heavy (non-hydrogen) atoms. The zero-order valence-electron chi connectivity index (χ0n) is 13.5. The quantitative estimate of drug-likeness (QED) is 0.719. The predicted molar refractivity (Wildman–Crippen MR) is 96.1 cm³/mol. The SMILES string of the molecule is COC(=O)c1cccc(C(=O)N[C@H](Cc2ccc(Br)cc2)C(N)=O)c1. The Balaban J connectivity index is 2.13. The first-order valence-electron chi connectivity index (χ1n) is 7.43. The number of halogens is 1. The van der Waals surface area contributed by atoms with Crippen molar-refractivity contribution < 1.29 is 19.1 Å². The van der Waals surface area contributed by atoms with Gasteiger partial charge in [-0.2, -0.15) is 0 Å². The van der Waals surface area contributed by atoms with Gasteiger partial charge in [-0.3, -0.25) is 9.59 Å². The van der Waals surface area contributed by atoms with Crippen LogP contribution in [-0.4, -0.2) is 30.9 Å². The van der Waals surface area contributed by atoms with Crippen molar-refractivity contribution in [2.24, 2.45) is 5.73 Å². The second-order valence-corrected chi connectivity index (χ2v) is 6.25. The van der Waals surface area contributed by atoms with E-state index >= 15 is 0 Å². The molecule has 3 N–H and O–H groups in total. The van der Waals surface area contributed by atoms with E-state index < -0.39 is 23.8 Å². The van der Waals surface area contributed by atoms with Crippen molar-refractivity contribution >= 4 is 33.7 Å². The molecule has 2 aromatic rings. The van der Waals surface area contributed by atoms with Crippen molar-refractivity contribution in [2.45, 2.75) is 12.5 Å².